The molecular formula is C13H17NO6S. The highest BCUT2D eigenvalue weighted by Gasteiger charge is 2.24. The Balaban J connectivity index is 2.87. The third kappa shape index (κ3) is 5.07. The maximum atomic E-state index is 11.7. The summed E-state index contributed by atoms with van der Waals surface area (Å²) in [5.74, 6) is -2.49. The third-order valence-corrected chi connectivity index (χ3v) is 4.37. The SMILES string of the molecule is CCS(=O)(=O)CC(=O)NC(C(=O)O)c1ccc(OC)cc1. The molecule has 21 heavy (non-hydrogen) atoms. The molecule has 0 spiro atoms. The molecule has 1 atom stereocenters. The van der Waals surface area contributed by atoms with E-state index in [1.807, 2.05) is 0 Å². The highest BCUT2D eigenvalue weighted by atomic mass is 32.2. The number of carboxylic acids is 1. The van der Waals surface area contributed by atoms with Crippen LogP contribution in [0.2, 0.25) is 0 Å². The van der Waals surface area contributed by atoms with Crippen LogP contribution in [0, 0.1) is 0 Å². The van der Waals surface area contributed by atoms with E-state index in [1.165, 1.54) is 26.2 Å². The Labute approximate surface area is 122 Å². The lowest BCUT2D eigenvalue weighted by Crippen LogP contribution is -2.37. The summed E-state index contributed by atoms with van der Waals surface area (Å²) in [7, 11) is -2.03. The van der Waals surface area contributed by atoms with Gasteiger partial charge in [-0.25, -0.2) is 13.2 Å². The zero-order chi connectivity index (χ0) is 16.0. The summed E-state index contributed by atoms with van der Waals surface area (Å²) >= 11 is 0. The van der Waals surface area contributed by atoms with Crippen LogP contribution in [0.4, 0.5) is 0 Å². The van der Waals surface area contributed by atoms with Gasteiger partial charge in [-0.15, -0.1) is 0 Å². The molecule has 0 bridgehead atoms. The molecule has 8 heteroatoms. The molecule has 0 fully saturated rings. The maximum absolute atomic E-state index is 11.7. The van der Waals surface area contributed by atoms with Gasteiger partial charge in [0.05, 0.1) is 7.11 Å². The molecule has 0 radical (unpaired) electrons. The number of sulfone groups is 1. The Bertz CT molecular complexity index is 608. The minimum Gasteiger partial charge on any atom is -0.497 e. The van der Waals surface area contributed by atoms with Crippen LogP contribution in [0.5, 0.6) is 5.75 Å². The number of ether oxygens (including phenoxy) is 1. The summed E-state index contributed by atoms with van der Waals surface area (Å²) in [6, 6.07) is 4.79. The van der Waals surface area contributed by atoms with E-state index in [9.17, 15) is 18.0 Å². The van der Waals surface area contributed by atoms with Crippen molar-refractivity contribution in [2.45, 2.75) is 13.0 Å². The number of benzene rings is 1. The van der Waals surface area contributed by atoms with Crippen molar-refractivity contribution in [3.05, 3.63) is 29.8 Å². The predicted molar refractivity (Wildman–Crippen MR) is 75.8 cm³/mol. The van der Waals surface area contributed by atoms with Crippen LogP contribution < -0.4 is 10.1 Å². The first-order valence-electron chi connectivity index (χ1n) is 6.15. The number of aliphatic carboxylic acids is 1. The Morgan fingerprint density at radius 1 is 1.29 bits per heavy atom. The first-order valence-corrected chi connectivity index (χ1v) is 7.97. The van der Waals surface area contributed by atoms with Crippen LogP contribution in [-0.2, 0) is 19.4 Å². The average molecular weight is 315 g/mol. The van der Waals surface area contributed by atoms with E-state index in [2.05, 4.69) is 5.32 Å². The minimum atomic E-state index is -3.51. The van der Waals surface area contributed by atoms with Crippen molar-refractivity contribution in [1.82, 2.24) is 5.32 Å². The average Bonchev–Trinajstić information content (AvgIpc) is 2.44. The van der Waals surface area contributed by atoms with Crippen molar-refractivity contribution in [1.29, 1.82) is 0 Å². The zero-order valence-electron chi connectivity index (χ0n) is 11.7. The molecule has 0 aromatic heterocycles. The van der Waals surface area contributed by atoms with Gasteiger partial charge in [0.15, 0.2) is 15.9 Å². The molecule has 0 aliphatic rings. The monoisotopic (exact) mass is 315 g/mol. The van der Waals surface area contributed by atoms with Gasteiger partial charge in [-0.2, -0.15) is 0 Å². The van der Waals surface area contributed by atoms with Crippen LogP contribution in [0.3, 0.4) is 0 Å². The third-order valence-electron chi connectivity index (χ3n) is 2.79. The molecule has 1 unspecified atom stereocenters. The van der Waals surface area contributed by atoms with E-state index in [0.717, 1.165) is 0 Å². The standard InChI is InChI=1S/C13H17NO6S/c1-3-21(18,19)8-11(15)14-12(13(16)17)9-4-6-10(20-2)7-5-9/h4-7,12H,3,8H2,1-2H3,(H,14,15)(H,16,17). The quantitative estimate of drug-likeness (QED) is 0.752. The number of nitrogens with one attached hydrogen (secondary N) is 1. The van der Waals surface area contributed by atoms with Crippen molar-refractivity contribution < 1.29 is 27.9 Å². The van der Waals surface area contributed by atoms with E-state index in [0.29, 0.717) is 11.3 Å². The molecule has 0 aliphatic carbocycles. The number of hydrogen-bond acceptors (Lipinski definition) is 5. The predicted octanol–water partition coefficient (Wildman–Crippen LogP) is 0.372. The summed E-state index contributed by atoms with van der Waals surface area (Å²) in [5, 5.41) is 11.4. The van der Waals surface area contributed by atoms with Gasteiger partial charge in [0, 0.05) is 5.75 Å². The molecule has 2 N–H and O–H groups in total. The molecule has 1 aromatic carbocycles. The second kappa shape index (κ2) is 7.07. The lowest BCUT2D eigenvalue weighted by Gasteiger charge is -2.15. The molecule has 1 aromatic rings. The molecule has 116 valence electrons. The molecule has 1 amide bonds. The molecule has 0 aliphatic heterocycles. The Morgan fingerprint density at radius 3 is 2.29 bits per heavy atom. The fraction of sp³-hybridized carbons (Fsp3) is 0.385. The highest BCUT2D eigenvalue weighted by Crippen LogP contribution is 2.18. The largest absolute Gasteiger partial charge is 0.497 e. The van der Waals surface area contributed by atoms with Crippen LogP contribution in [0.1, 0.15) is 18.5 Å². The van der Waals surface area contributed by atoms with Gasteiger partial charge in [0.25, 0.3) is 0 Å². The first kappa shape index (κ1) is 17.0. The first-order chi connectivity index (χ1) is 9.79. The number of carbonyl (C=O) groups excluding carboxylic acids is 1. The Kier molecular flexibility index (Phi) is 5.71. The number of carbonyl (C=O) groups is 2. The number of amides is 1. The number of carboxylic acid groups (broad SMARTS) is 1. The molecule has 7 nitrogen and oxygen atoms in total. The smallest absolute Gasteiger partial charge is 0.330 e. The van der Waals surface area contributed by atoms with Gasteiger partial charge in [-0.1, -0.05) is 19.1 Å². The van der Waals surface area contributed by atoms with Crippen LogP contribution in [-0.4, -0.2) is 44.0 Å². The fourth-order valence-corrected chi connectivity index (χ4v) is 2.28. The minimum absolute atomic E-state index is 0.180. The lowest BCUT2D eigenvalue weighted by atomic mass is 10.1. The van der Waals surface area contributed by atoms with Crippen molar-refractivity contribution >= 4 is 21.7 Å². The van der Waals surface area contributed by atoms with Gasteiger partial charge >= 0.3 is 5.97 Å². The zero-order valence-corrected chi connectivity index (χ0v) is 12.5. The van der Waals surface area contributed by atoms with Gasteiger partial charge in [-0.3, -0.25) is 4.79 Å². The van der Waals surface area contributed by atoms with Crippen LogP contribution in [0.25, 0.3) is 0 Å². The normalized spacial score (nSPS) is 12.5. The second-order valence-electron chi connectivity index (χ2n) is 4.29. The van der Waals surface area contributed by atoms with Gasteiger partial charge in [0.2, 0.25) is 5.91 Å². The van der Waals surface area contributed by atoms with Crippen molar-refractivity contribution in [3.8, 4) is 5.75 Å². The van der Waals surface area contributed by atoms with Crippen molar-refractivity contribution in [3.63, 3.8) is 0 Å². The summed E-state index contributed by atoms with van der Waals surface area (Å²) in [4.78, 5) is 22.9. The van der Waals surface area contributed by atoms with E-state index >= 15 is 0 Å². The topological polar surface area (TPSA) is 110 Å². The van der Waals surface area contributed by atoms with E-state index in [4.69, 9.17) is 9.84 Å². The van der Waals surface area contributed by atoms with E-state index in [1.54, 1.807) is 12.1 Å². The van der Waals surface area contributed by atoms with Crippen molar-refractivity contribution in [2.24, 2.45) is 0 Å². The molecule has 0 saturated heterocycles. The Morgan fingerprint density at radius 2 is 1.86 bits per heavy atom. The maximum Gasteiger partial charge on any atom is 0.330 e. The number of hydrogen-bond donors (Lipinski definition) is 2. The van der Waals surface area contributed by atoms with Crippen LogP contribution >= 0.6 is 0 Å². The fourth-order valence-electron chi connectivity index (χ4n) is 1.59. The lowest BCUT2D eigenvalue weighted by molar-refractivity contribution is -0.141. The van der Waals surface area contributed by atoms with Gasteiger partial charge < -0.3 is 15.2 Å². The van der Waals surface area contributed by atoms with Gasteiger partial charge in [0.1, 0.15) is 11.5 Å². The van der Waals surface area contributed by atoms with Crippen LogP contribution in [0.15, 0.2) is 24.3 Å². The Hall–Kier alpha value is -2.09. The second-order valence-corrected chi connectivity index (χ2v) is 6.64. The molecule has 0 heterocycles. The summed E-state index contributed by atoms with van der Waals surface area (Å²) in [6.07, 6.45) is 0. The van der Waals surface area contributed by atoms with E-state index in [-0.39, 0.29) is 5.75 Å². The molecule has 1 rings (SSSR count). The molecule has 0 saturated carbocycles. The number of rotatable bonds is 7. The number of methoxy groups -OCH3 is 1. The van der Waals surface area contributed by atoms with Crippen molar-refractivity contribution in [2.75, 3.05) is 18.6 Å². The molecular weight excluding hydrogens is 298 g/mol. The summed E-state index contributed by atoms with van der Waals surface area (Å²) < 4.78 is 27.7. The summed E-state index contributed by atoms with van der Waals surface area (Å²) in [5.41, 5.74) is 0.325. The highest BCUT2D eigenvalue weighted by molar-refractivity contribution is 7.92. The summed E-state index contributed by atoms with van der Waals surface area (Å²) in [6.45, 7) is 1.42. The van der Waals surface area contributed by atoms with Gasteiger partial charge in [-0.05, 0) is 17.7 Å². The van der Waals surface area contributed by atoms with E-state index < -0.39 is 33.5 Å².